The van der Waals surface area contributed by atoms with E-state index in [1.54, 1.807) is 20.1 Å². The summed E-state index contributed by atoms with van der Waals surface area (Å²) in [7, 11) is 1.67. The minimum Gasteiger partial charge on any atom is -0.496 e. The van der Waals surface area contributed by atoms with Gasteiger partial charge in [-0.3, -0.25) is 0 Å². The lowest BCUT2D eigenvalue weighted by Gasteiger charge is -2.22. The number of aryl methyl sites for hydroxylation is 1. The van der Waals surface area contributed by atoms with E-state index in [1.165, 1.54) is 0 Å². The van der Waals surface area contributed by atoms with Gasteiger partial charge in [-0.2, -0.15) is 0 Å². The van der Waals surface area contributed by atoms with Crippen molar-refractivity contribution in [2.45, 2.75) is 32.9 Å². The van der Waals surface area contributed by atoms with E-state index in [4.69, 9.17) is 4.74 Å². The van der Waals surface area contributed by atoms with E-state index in [-0.39, 0.29) is 17.9 Å². The third-order valence-corrected chi connectivity index (χ3v) is 3.80. The molecule has 0 aromatic heterocycles. The molecule has 0 saturated carbocycles. The molecule has 2 aromatic carbocycles. The Kier molecular flexibility index (Phi) is 4.97. The maximum Gasteiger partial charge on any atom is 0.126 e. The summed E-state index contributed by atoms with van der Waals surface area (Å²) in [6, 6.07) is 13.5. The number of ether oxygens (including phenoxy) is 1. The standard InChI is InChI=1S/C18H22FNO/c1-12-9-10-15(11-17(12)19)13(2)20-14(3)16-7-5-6-8-18(16)21-4/h5-11,13-14,20H,1-4H3. The molecule has 0 heterocycles. The number of methoxy groups -OCH3 is 1. The highest BCUT2D eigenvalue weighted by Crippen LogP contribution is 2.27. The Bertz CT molecular complexity index is 612. The second kappa shape index (κ2) is 6.72. The second-order valence-corrected chi connectivity index (χ2v) is 5.36. The van der Waals surface area contributed by atoms with Gasteiger partial charge in [-0.1, -0.05) is 30.3 Å². The molecule has 21 heavy (non-hydrogen) atoms. The van der Waals surface area contributed by atoms with E-state index < -0.39 is 0 Å². The molecule has 0 bridgehead atoms. The molecular weight excluding hydrogens is 265 g/mol. The molecular formula is C18H22FNO. The molecule has 0 aliphatic heterocycles. The third kappa shape index (κ3) is 3.61. The molecule has 0 aliphatic carbocycles. The highest BCUT2D eigenvalue weighted by molar-refractivity contribution is 5.36. The molecule has 3 heteroatoms. The quantitative estimate of drug-likeness (QED) is 0.870. The molecule has 0 radical (unpaired) electrons. The van der Waals surface area contributed by atoms with Gasteiger partial charge in [0.15, 0.2) is 0 Å². The molecule has 2 aromatic rings. The molecule has 2 rings (SSSR count). The Morgan fingerprint density at radius 1 is 1.05 bits per heavy atom. The number of hydrogen-bond donors (Lipinski definition) is 1. The largest absolute Gasteiger partial charge is 0.496 e. The minimum absolute atomic E-state index is 0.0556. The molecule has 0 amide bonds. The van der Waals surface area contributed by atoms with Crippen molar-refractivity contribution in [3.8, 4) is 5.75 Å². The van der Waals surface area contributed by atoms with E-state index in [1.807, 2.05) is 43.3 Å². The predicted octanol–water partition coefficient (Wildman–Crippen LogP) is 4.55. The summed E-state index contributed by atoms with van der Waals surface area (Å²) in [5.41, 5.74) is 2.71. The van der Waals surface area contributed by atoms with Crippen molar-refractivity contribution in [3.63, 3.8) is 0 Å². The van der Waals surface area contributed by atoms with Gasteiger partial charge in [0.2, 0.25) is 0 Å². The van der Waals surface area contributed by atoms with Gasteiger partial charge in [-0.15, -0.1) is 0 Å². The first-order valence-corrected chi connectivity index (χ1v) is 7.18. The number of nitrogens with one attached hydrogen (secondary N) is 1. The van der Waals surface area contributed by atoms with Crippen molar-refractivity contribution in [1.29, 1.82) is 0 Å². The van der Waals surface area contributed by atoms with Crippen molar-refractivity contribution >= 4 is 0 Å². The fraction of sp³-hybridized carbons (Fsp3) is 0.333. The molecule has 2 atom stereocenters. The van der Waals surface area contributed by atoms with Crippen LogP contribution in [0.3, 0.4) is 0 Å². The van der Waals surface area contributed by atoms with Crippen molar-refractivity contribution in [1.82, 2.24) is 5.32 Å². The molecule has 2 nitrogen and oxygen atoms in total. The van der Waals surface area contributed by atoms with Crippen LogP contribution in [0.5, 0.6) is 5.75 Å². The van der Waals surface area contributed by atoms with Crippen LogP contribution < -0.4 is 10.1 Å². The van der Waals surface area contributed by atoms with E-state index in [9.17, 15) is 4.39 Å². The first kappa shape index (κ1) is 15.5. The first-order valence-electron chi connectivity index (χ1n) is 7.18. The Morgan fingerprint density at radius 3 is 2.43 bits per heavy atom. The summed E-state index contributed by atoms with van der Waals surface area (Å²) >= 11 is 0. The Balaban J connectivity index is 2.14. The monoisotopic (exact) mass is 287 g/mol. The predicted molar refractivity (Wildman–Crippen MR) is 84.1 cm³/mol. The van der Waals surface area contributed by atoms with Crippen molar-refractivity contribution in [3.05, 3.63) is 65.0 Å². The summed E-state index contributed by atoms with van der Waals surface area (Å²) in [4.78, 5) is 0. The summed E-state index contributed by atoms with van der Waals surface area (Å²) in [5.74, 6) is 0.700. The Hall–Kier alpha value is -1.87. The number of hydrogen-bond acceptors (Lipinski definition) is 2. The number of para-hydroxylation sites is 1. The third-order valence-electron chi connectivity index (χ3n) is 3.80. The van der Waals surface area contributed by atoms with E-state index in [2.05, 4.69) is 12.2 Å². The molecule has 2 unspecified atom stereocenters. The fourth-order valence-electron chi connectivity index (χ4n) is 2.46. The smallest absolute Gasteiger partial charge is 0.126 e. The van der Waals surface area contributed by atoms with E-state index in [0.717, 1.165) is 16.9 Å². The van der Waals surface area contributed by atoms with Crippen LogP contribution in [0.2, 0.25) is 0 Å². The SMILES string of the molecule is COc1ccccc1C(C)NC(C)c1ccc(C)c(F)c1. The van der Waals surface area contributed by atoms with Gasteiger partial charge in [0.05, 0.1) is 7.11 Å². The lowest BCUT2D eigenvalue weighted by molar-refractivity contribution is 0.396. The zero-order chi connectivity index (χ0) is 15.4. The van der Waals surface area contributed by atoms with Crippen LogP contribution in [-0.4, -0.2) is 7.11 Å². The van der Waals surface area contributed by atoms with Crippen molar-refractivity contribution < 1.29 is 9.13 Å². The van der Waals surface area contributed by atoms with Gasteiger partial charge in [0.25, 0.3) is 0 Å². The lowest BCUT2D eigenvalue weighted by atomic mass is 10.0. The summed E-state index contributed by atoms with van der Waals surface area (Å²) < 4.78 is 19.1. The zero-order valence-corrected chi connectivity index (χ0v) is 13.0. The summed E-state index contributed by atoms with van der Waals surface area (Å²) in [6.07, 6.45) is 0. The topological polar surface area (TPSA) is 21.3 Å². The zero-order valence-electron chi connectivity index (χ0n) is 13.0. The molecule has 0 fully saturated rings. The van der Waals surface area contributed by atoms with Gasteiger partial charge in [0, 0.05) is 17.6 Å². The fourth-order valence-corrected chi connectivity index (χ4v) is 2.46. The van der Waals surface area contributed by atoms with Gasteiger partial charge in [-0.05, 0) is 44.0 Å². The Labute approximate surface area is 126 Å². The molecule has 112 valence electrons. The Morgan fingerprint density at radius 2 is 1.76 bits per heavy atom. The number of benzene rings is 2. The maximum atomic E-state index is 13.7. The lowest BCUT2D eigenvalue weighted by Crippen LogP contribution is -2.23. The number of halogens is 1. The average molecular weight is 287 g/mol. The van der Waals surface area contributed by atoms with Gasteiger partial charge in [0.1, 0.15) is 11.6 Å². The first-order chi connectivity index (χ1) is 10.0. The van der Waals surface area contributed by atoms with Crippen LogP contribution in [-0.2, 0) is 0 Å². The van der Waals surface area contributed by atoms with Gasteiger partial charge in [-0.25, -0.2) is 4.39 Å². The van der Waals surface area contributed by atoms with Crippen LogP contribution in [0.25, 0.3) is 0 Å². The minimum atomic E-state index is -0.161. The second-order valence-electron chi connectivity index (χ2n) is 5.36. The number of rotatable bonds is 5. The maximum absolute atomic E-state index is 13.7. The van der Waals surface area contributed by atoms with Crippen molar-refractivity contribution in [2.24, 2.45) is 0 Å². The van der Waals surface area contributed by atoms with E-state index in [0.29, 0.717) is 5.56 Å². The highest BCUT2D eigenvalue weighted by Gasteiger charge is 2.15. The summed E-state index contributed by atoms with van der Waals surface area (Å²) in [5, 5.41) is 3.49. The van der Waals surface area contributed by atoms with E-state index >= 15 is 0 Å². The van der Waals surface area contributed by atoms with Crippen LogP contribution in [0, 0.1) is 12.7 Å². The van der Waals surface area contributed by atoms with Crippen LogP contribution in [0.15, 0.2) is 42.5 Å². The molecule has 0 spiro atoms. The van der Waals surface area contributed by atoms with Gasteiger partial charge >= 0.3 is 0 Å². The molecule has 0 aliphatic rings. The molecule has 0 saturated heterocycles. The normalized spacial score (nSPS) is 13.8. The summed E-state index contributed by atoms with van der Waals surface area (Å²) in [6.45, 7) is 5.89. The average Bonchev–Trinajstić information content (AvgIpc) is 2.49. The molecule has 1 N–H and O–H groups in total. The van der Waals surface area contributed by atoms with Crippen LogP contribution in [0.4, 0.5) is 4.39 Å². The van der Waals surface area contributed by atoms with Crippen LogP contribution in [0.1, 0.15) is 42.6 Å². The highest BCUT2D eigenvalue weighted by atomic mass is 19.1. The van der Waals surface area contributed by atoms with Gasteiger partial charge < -0.3 is 10.1 Å². The van der Waals surface area contributed by atoms with Crippen LogP contribution >= 0.6 is 0 Å². The van der Waals surface area contributed by atoms with Crippen molar-refractivity contribution in [2.75, 3.05) is 7.11 Å².